The van der Waals surface area contributed by atoms with Gasteiger partial charge < -0.3 is 11.1 Å². The van der Waals surface area contributed by atoms with Crippen molar-refractivity contribution in [2.24, 2.45) is 0 Å². The molecule has 1 rings (SSSR count). The Morgan fingerprint density at radius 3 is 2.53 bits per heavy atom. The molecule has 1 aromatic rings. The maximum absolute atomic E-state index is 11.8. The molecule has 7 heteroatoms. The molecule has 1 aromatic heterocycles. The highest BCUT2D eigenvalue weighted by Crippen LogP contribution is 2.20. The lowest BCUT2D eigenvalue weighted by Crippen LogP contribution is -2.11. The molecule has 15 heavy (non-hydrogen) atoms. The number of hydrogen-bond donors (Lipinski definition) is 2. The molecule has 0 aliphatic heterocycles. The summed E-state index contributed by atoms with van der Waals surface area (Å²) in [5, 5.41) is 2.72. The van der Waals surface area contributed by atoms with Gasteiger partial charge in [-0.3, -0.25) is 0 Å². The third kappa shape index (κ3) is 5.04. The van der Waals surface area contributed by atoms with Crippen molar-refractivity contribution in [2.75, 3.05) is 17.6 Å². The number of alkyl halides is 3. The zero-order valence-corrected chi connectivity index (χ0v) is 7.88. The summed E-state index contributed by atoms with van der Waals surface area (Å²) in [7, 11) is 0. The third-order valence-electron chi connectivity index (χ3n) is 1.61. The van der Waals surface area contributed by atoms with Crippen molar-refractivity contribution < 1.29 is 13.2 Å². The second-order valence-electron chi connectivity index (χ2n) is 2.97. The molecule has 0 saturated carbocycles. The van der Waals surface area contributed by atoms with Crippen LogP contribution in [0.1, 0.15) is 12.8 Å². The number of anilines is 2. The largest absolute Gasteiger partial charge is 0.389 e. The molecule has 0 radical (unpaired) electrons. The number of halogens is 3. The Morgan fingerprint density at radius 2 is 2.00 bits per heavy atom. The van der Waals surface area contributed by atoms with Crippen LogP contribution in [0.25, 0.3) is 0 Å². The van der Waals surface area contributed by atoms with Gasteiger partial charge in [-0.25, -0.2) is 9.97 Å². The van der Waals surface area contributed by atoms with E-state index in [1.807, 2.05) is 0 Å². The maximum atomic E-state index is 11.8. The molecule has 1 heterocycles. The van der Waals surface area contributed by atoms with E-state index in [9.17, 15) is 13.2 Å². The lowest BCUT2D eigenvalue weighted by Gasteiger charge is -2.07. The summed E-state index contributed by atoms with van der Waals surface area (Å²) in [5.41, 5.74) is 5.29. The van der Waals surface area contributed by atoms with Gasteiger partial charge in [0.1, 0.15) is 11.6 Å². The average molecular weight is 220 g/mol. The van der Waals surface area contributed by atoms with Gasteiger partial charge >= 0.3 is 6.18 Å². The van der Waals surface area contributed by atoms with Crippen LogP contribution in [0.15, 0.2) is 12.4 Å². The van der Waals surface area contributed by atoms with E-state index in [1.165, 1.54) is 12.4 Å². The van der Waals surface area contributed by atoms with Crippen LogP contribution in [0.3, 0.4) is 0 Å². The van der Waals surface area contributed by atoms with Crippen LogP contribution in [-0.2, 0) is 0 Å². The van der Waals surface area contributed by atoms with Crippen molar-refractivity contribution in [1.82, 2.24) is 9.97 Å². The Kier molecular flexibility index (Phi) is 3.70. The van der Waals surface area contributed by atoms with Crippen molar-refractivity contribution in [2.45, 2.75) is 19.0 Å². The molecule has 0 amide bonds. The second kappa shape index (κ2) is 4.81. The van der Waals surface area contributed by atoms with Crippen LogP contribution in [0.4, 0.5) is 24.8 Å². The monoisotopic (exact) mass is 220 g/mol. The van der Waals surface area contributed by atoms with Gasteiger partial charge in [0.15, 0.2) is 0 Å². The highest BCUT2D eigenvalue weighted by atomic mass is 19.4. The molecule has 0 aromatic carbocycles. The summed E-state index contributed by atoms with van der Waals surface area (Å²) in [4.78, 5) is 7.57. The van der Waals surface area contributed by atoms with Gasteiger partial charge in [0.25, 0.3) is 0 Å². The Morgan fingerprint density at radius 1 is 1.27 bits per heavy atom. The molecule has 0 spiro atoms. The first-order valence-electron chi connectivity index (χ1n) is 4.35. The molecule has 0 fully saturated rings. The molecule has 0 atom stereocenters. The van der Waals surface area contributed by atoms with Gasteiger partial charge in [-0.2, -0.15) is 13.2 Å². The van der Waals surface area contributed by atoms with Crippen LogP contribution < -0.4 is 11.1 Å². The van der Waals surface area contributed by atoms with E-state index < -0.39 is 12.6 Å². The van der Waals surface area contributed by atoms with Gasteiger partial charge in [0, 0.05) is 13.0 Å². The van der Waals surface area contributed by atoms with E-state index in [0.29, 0.717) is 5.82 Å². The maximum Gasteiger partial charge on any atom is 0.389 e. The Balaban J connectivity index is 2.23. The zero-order chi connectivity index (χ0) is 11.3. The van der Waals surface area contributed by atoms with Crippen molar-refractivity contribution in [3.8, 4) is 0 Å². The molecule has 3 N–H and O–H groups in total. The van der Waals surface area contributed by atoms with Crippen molar-refractivity contribution in [1.29, 1.82) is 0 Å². The Bertz CT molecular complexity index is 296. The minimum absolute atomic E-state index is 0.00948. The number of hydrogen-bond acceptors (Lipinski definition) is 4. The van der Waals surface area contributed by atoms with E-state index in [2.05, 4.69) is 15.3 Å². The lowest BCUT2D eigenvalue weighted by atomic mass is 10.3. The topological polar surface area (TPSA) is 63.8 Å². The summed E-state index contributed by atoms with van der Waals surface area (Å²) in [6, 6.07) is 0. The fourth-order valence-electron chi connectivity index (χ4n) is 0.935. The molecule has 0 saturated heterocycles. The molecule has 0 bridgehead atoms. The predicted molar refractivity (Wildman–Crippen MR) is 50.2 cm³/mol. The van der Waals surface area contributed by atoms with E-state index in [4.69, 9.17) is 5.73 Å². The summed E-state index contributed by atoms with van der Waals surface area (Å²) < 4.78 is 35.3. The van der Waals surface area contributed by atoms with Gasteiger partial charge in [0.2, 0.25) is 0 Å². The van der Waals surface area contributed by atoms with Crippen LogP contribution in [0.2, 0.25) is 0 Å². The van der Waals surface area contributed by atoms with Crippen LogP contribution in [0, 0.1) is 0 Å². The van der Waals surface area contributed by atoms with Gasteiger partial charge in [-0.15, -0.1) is 0 Å². The van der Waals surface area contributed by atoms with Crippen molar-refractivity contribution >= 4 is 11.6 Å². The van der Waals surface area contributed by atoms with Crippen molar-refractivity contribution in [3.63, 3.8) is 0 Å². The normalized spacial score (nSPS) is 11.4. The SMILES string of the molecule is Nc1cnc(NCCCC(F)(F)F)cn1. The molecule has 0 aliphatic carbocycles. The first-order valence-corrected chi connectivity index (χ1v) is 4.35. The highest BCUT2D eigenvalue weighted by molar-refractivity contribution is 5.35. The number of nitrogen functional groups attached to an aromatic ring is 1. The van der Waals surface area contributed by atoms with Gasteiger partial charge in [0.05, 0.1) is 12.4 Å². The van der Waals surface area contributed by atoms with Gasteiger partial charge in [-0.05, 0) is 6.42 Å². The first-order chi connectivity index (χ1) is 6.97. The standard InChI is InChI=1S/C8H11F3N4/c9-8(10,11)2-1-3-13-7-5-14-6(12)4-15-7/h4-5H,1-3H2,(H2,12,14)(H,13,15). The minimum Gasteiger partial charge on any atom is -0.382 e. The predicted octanol–water partition coefficient (Wildman–Crippen LogP) is 1.81. The van der Waals surface area contributed by atoms with Gasteiger partial charge in [-0.1, -0.05) is 0 Å². The van der Waals surface area contributed by atoms with E-state index in [1.54, 1.807) is 0 Å². The highest BCUT2D eigenvalue weighted by Gasteiger charge is 2.25. The summed E-state index contributed by atoms with van der Waals surface area (Å²) in [6.45, 7) is 0.206. The first kappa shape index (κ1) is 11.5. The van der Waals surface area contributed by atoms with Crippen LogP contribution in [0.5, 0.6) is 0 Å². The summed E-state index contributed by atoms with van der Waals surface area (Å²) >= 11 is 0. The molecule has 0 aliphatic rings. The number of rotatable bonds is 4. The molecular formula is C8H11F3N4. The summed E-state index contributed by atoms with van der Waals surface area (Å²) in [5.74, 6) is 0.696. The smallest absolute Gasteiger partial charge is 0.382 e. The molecule has 4 nitrogen and oxygen atoms in total. The number of nitrogens with zero attached hydrogens (tertiary/aromatic N) is 2. The van der Waals surface area contributed by atoms with Crippen molar-refractivity contribution in [3.05, 3.63) is 12.4 Å². The van der Waals surface area contributed by atoms with Crippen LogP contribution >= 0.6 is 0 Å². The number of nitrogens with one attached hydrogen (secondary N) is 1. The lowest BCUT2D eigenvalue weighted by molar-refractivity contribution is -0.134. The number of nitrogens with two attached hydrogens (primary N) is 1. The van der Waals surface area contributed by atoms with Crippen LogP contribution in [-0.4, -0.2) is 22.7 Å². The Labute approximate surface area is 84.7 Å². The second-order valence-corrected chi connectivity index (χ2v) is 2.97. The molecule has 0 unspecified atom stereocenters. The fraction of sp³-hybridized carbons (Fsp3) is 0.500. The average Bonchev–Trinajstić information content (AvgIpc) is 2.14. The molecular weight excluding hydrogens is 209 g/mol. The third-order valence-corrected chi connectivity index (χ3v) is 1.61. The molecule has 84 valence electrons. The number of aromatic nitrogens is 2. The minimum atomic E-state index is -4.10. The fourth-order valence-corrected chi connectivity index (χ4v) is 0.935. The van der Waals surface area contributed by atoms with E-state index >= 15 is 0 Å². The summed E-state index contributed by atoms with van der Waals surface area (Å²) in [6.07, 6.45) is -2.18. The van der Waals surface area contributed by atoms with E-state index in [-0.39, 0.29) is 18.8 Å². The quantitative estimate of drug-likeness (QED) is 0.759. The van der Waals surface area contributed by atoms with E-state index in [0.717, 1.165) is 0 Å². The Hall–Kier alpha value is -1.53. The zero-order valence-electron chi connectivity index (χ0n) is 7.88.